The van der Waals surface area contributed by atoms with Crippen molar-refractivity contribution >= 4 is 22.9 Å². The molecule has 0 radical (unpaired) electrons. The van der Waals surface area contributed by atoms with Gasteiger partial charge in [0.25, 0.3) is 5.91 Å². The average Bonchev–Trinajstić information content (AvgIpc) is 3.12. The number of pyridine rings is 1. The highest BCUT2D eigenvalue weighted by Crippen LogP contribution is 2.45. The zero-order valence-corrected chi connectivity index (χ0v) is 19.6. The van der Waals surface area contributed by atoms with Crippen molar-refractivity contribution in [2.45, 2.75) is 20.8 Å². The highest BCUT2D eigenvalue weighted by molar-refractivity contribution is 5.96. The molecule has 2 aromatic heterocycles. The summed E-state index contributed by atoms with van der Waals surface area (Å²) in [5.74, 6) is 1.12. The van der Waals surface area contributed by atoms with Crippen LogP contribution in [0.3, 0.4) is 0 Å². The van der Waals surface area contributed by atoms with Crippen LogP contribution in [0.25, 0.3) is 16.6 Å². The molecule has 0 aliphatic heterocycles. The minimum atomic E-state index is -0.595. The molecule has 0 spiro atoms. The van der Waals surface area contributed by atoms with Gasteiger partial charge < -0.3 is 24.9 Å². The third kappa shape index (κ3) is 4.02. The molecular formula is C27H26N4O3. The van der Waals surface area contributed by atoms with Gasteiger partial charge in [0.1, 0.15) is 23.4 Å². The van der Waals surface area contributed by atoms with Crippen LogP contribution in [0.2, 0.25) is 0 Å². The number of hydrogen-bond acceptors (Lipinski definition) is 5. The van der Waals surface area contributed by atoms with E-state index in [0.29, 0.717) is 28.2 Å². The van der Waals surface area contributed by atoms with Crippen molar-refractivity contribution < 1.29 is 14.3 Å². The number of carbonyl (C=O) groups is 1. The molecule has 0 atom stereocenters. The number of nitriles is 1. The minimum absolute atomic E-state index is 0.297. The Hall–Kier alpha value is -4.44. The summed E-state index contributed by atoms with van der Waals surface area (Å²) in [4.78, 5) is 11.5. The lowest BCUT2D eigenvalue weighted by molar-refractivity contribution is -0.119. The number of carbonyl (C=O) groups excluding carboxylic acids is 1. The molecule has 0 unspecified atom stereocenters. The van der Waals surface area contributed by atoms with Gasteiger partial charge in [-0.15, -0.1) is 0 Å². The number of rotatable bonds is 7. The summed E-state index contributed by atoms with van der Waals surface area (Å²) < 4.78 is 13.2. The number of fused-ring (bicyclic) bond motifs is 1. The Morgan fingerprint density at radius 3 is 2.44 bits per heavy atom. The number of aromatic nitrogens is 1. The molecule has 34 heavy (non-hydrogen) atoms. The van der Waals surface area contributed by atoms with Crippen molar-refractivity contribution in [3.8, 4) is 28.7 Å². The van der Waals surface area contributed by atoms with E-state index >= 15 is 0 Å². The van der Waals surface area contributed by atoms with E-state index in [-0.39, 0.29) is 6.61 Å². The number of benzene rings is 2. The molecule has 4 rings (SSSR count). The first-order valence-corrected chi connectivity index (χ1v) is 10.8. The number of nitrogens with one attached hydrogen (secondary N) is 1. The second-order valence-corrected chi connectivity index (χ2v) is 8.13. The van der Waals surface area contributed by atoms with Crippen molar-refractivity contribution in [2.75, 3.05) is 19.0 Å². The Bertz CT molecular complexity index is 1430. The number of ether oxygens (including phenoxy) is 2. The molecule has 3 N–H and O–H groups in total. The van der Waals surface area contributed by atoms with Crippen LogP contribution in [0, 0.1) is 32.1 Å². The number of nitrogens with two attached hydrogens (primary N) is 1. The van der Waals surface area contributed by atoms with E-state index in [4.69, 9.17) is 15.2 Å². The van der Waals surface area contributed by atoms with E-state index in [1.165, 1.54) is 0 Å². The van der Waals surface area contributed by atoms with Crippen molar-refractivity contribution in [1.82, 2.24) is 4.40 Å². The van der Waals surface area contributed by atoms with Crippen LogP contribution in [0.15, 0.2) is 54.7 Å². The highest BCUT2D eigenvalue weighted by Gasteiger charge is 2.25. The average molecular weight is 455 g/mol. The SMILES string of the molecule is COc1cc(C)c(-c2c(C#N)c3ccccn3c2Nc2c(C)cccc2C)c(OCC(N)=O)c1. The number of hydrogen-bond donors (Lipinski definition) is 2. The lowest BCUT2D eigenvalue weighted by Gasteiger charge is -2.18. The lowest BCUT2D eigenvalue weighted by Crippen LogP contribution is -2.20. The molecule has 0 fully saturated rings. The molecule has 0 saturated heterocycles. The predicted molar refractivity (Wildman–Crippen MR) is 133 cm³/mol. The van der Waals surface area contributed by atoms with Gasteiger partial charge in [-0.1, -0.05) is 24.3 Å². The number of amides is 1. The normalized spacial score (nSPS) is 10.7. The van der Waals surface area contributed by atoms with Gasteiger partial charge in [-0.3, -0.25) is 4.79 Å². The summed E-state index contributed by atoms with van der Waals surface area (Å²) in [5.41, 5.74) is 11.9. The fourth-order valence-corrected chi connectivity index (χ4v) is 4.24. The van der Waals surface area contributed by atoms with Crippen LogP contribution in [0.1, 0.15) is 22.3 Å². The maximum absolute atomic E-state index is 11.5. The minimum Gasteiger partial charge on any atom is -0.497 e. The van der Waals surface area contributed by atoms with E-state index in [2.05, 4.69) is 11.4 Å². The zero-order valence-electron chi connectivity index (χ0n) is 19.6. The second-order valence-electron chi connectivity index (χ2n) is 8.13. The first kappa shape index (κ1) is 22.7. The molecule has 0 bridgehead atoms. The van der Waals surface area contributed by atoms with Gasteiger partial charge in [0.05, 0.1) is 18.2 Å². The number of aryl methyl sites for hydroxylation is 3. The Balaban J connectivity index is 2.06. The summed E-state index contributed by atoms with van der Waals surface area (Å²) in [5, 5.41) is 13.8. The fourth-order valence-electron chi connectivity index (χ4n) is 4.24. The van der Waals surface area contributed by atoms with Gasteiger partial charge in [-0.05, 0) is 55.7 Å². The van der Waals surface area contributed by atoms with Gasteiger partial charge in [-0.25, -0.2) is 0 Å². The van der Waals surface area contributed by atoms with Crippen molar-refractivity contribution in [3.63, 3.8) is 0 Å². The molecule has 2 heterocycles. The molecule has 4 aromatic rings. The first-order valence-electron chi connectivity index (χ1n) is 10.8. The van der Waals surface area contributed by atoms with Crippen LogP contribution in [-0.2, 0) is 4.79 Å². The summed E-state index contributed by atoms with van der Waals surface area (Å²) in [6.45, 7) is 5.70. The summed E-state index contributed by atoms with van der Waals surface area (Å²) in [6, 6.07) is 17.8. The monoisotopic (exact) mass is 454 g/mol. The summed E-state index contributed by atoms with van der Waals surface area (Å²) in [6.07, 6.45) is 1.92. The van der Waals surface area contributed by atoms with Gasteiger partial charge in [0, 0.05) is 29.1 Å². The fraction of sp³-hybridized carbons (Fsp3) is 0.185. The standard InChI is InChI=1S/C27H26N4O3/c1-16-8-7-9-17(2)26(16)30-27-25(20(14-28)21-10-5-6-11-31(21)27)24-18(3)12-19(33-4)13-22(24)34-15-23(29)32/h5-13,30H,15H2,1-4H3,(H2,29,32). The third-order valence-corrected chi connectivity index (χ3v) is 5.81. The van der Waals surface area contributed by atoms with Crippen LogP contribution < -0.4 is 20.5 Å². The van der Waals surface area contributed by atoms with Crippen LogP contribution in [0.4, 0.5) is 11.5 Å². The maximum Gasteiger partial charge on any atom is 0.255 e. The number of para-hydroxylation sites is 1. The topological polar surface area (TPSA) is 102 Å². The van der Waals surface area contributed by atoms with E-state index in [0.717, 1.165) is 33.7 Å². The van der Waals surface area contributed by atoms with Gasteiger partial charge in [0.2, 0.25) is 0 Å². The molecule has 172 valence electrons. The Morgan fingerprint density at radius 1 is 1.06 bits per heavy atom. The third-order valence-electron chi connectivity index (χ3n) is 5.81. The predicted octanol–water partition coefficient (Wildman–Crippen LogP) is 5.02. The Labute approximate surface area is 198 Å². The molecule has 7 heteroatoms. The maximum atomic E-state index is 11.5. The summed E-state index contributed by atoms with van der Waals surface area (Å²) >= 11 is 0. The Kier molecular flexibility index (Phi) is 6.15. The zero-order chi connectivity index (χ0) is 24.4. The molecule has 0 aliphatic rings. The van der Waals surface area contributed by atoms with Gasteiger partial charge in [0.15, 0.2) is 6.61 Å². The molecule has 1 amide bonds. The van der Waals surface area contributed by atoms with Crippen LogP contribution in [-0.4, -0.2) is 24.0 Å². The number of primary amides is 1. The van der Waals surface area contributed by atoms with Crippen molar-refractivity contribution in [2.24, 2.45) is 5.73 Å². The Morgan fingerprint density at radius 2 is 1.79 bits per heavy atom. The van der Waals surface area contributed by atoms with E-state index in [1.807, 2.05) is 73.8 Å². The second kappa shape index (κ2) is 9.20. The van der Waals surface area contributed by atoms with Gasteiger partial charge >= 0.3 is 0 Å². The number of nitrogens with zero attached hydrogens (tertiary/aromatic N) is 2. The highest BCUT2D eigenvalue weighted by atomic mass is 16.5. The van der Waals surface area contributed by atoms with Crippen LogP contribution >= 0.6 is 0 Å². The quantitative estimate of drug-likeness (QED) is 0.408. The number of methoxy groups -OCH3 is 1. The van der Waals surface area contributed by atoms with Crippen molar-refractivity contribution in [3.05, 3.63) is 77.0 Å². The number of anilines is 2. The molecule has 7 nitrogen and oxygen atoms in total. The van der Waals surface area contributed by atoms with Crippen molar-refractivity contribution in [1.29, 1.82) is 5.26 Å². The molecule has 0 saturated carbocycles. The smallest absolute Gasteiger partial charge is 0.255 e. The molecular weight excluding hydrogens is 428 g/mol. The van der Waals surface area contributed by atoms with E-state index in [1.54, 1.807) is 13.2 Å². The van der Waals surface area contributed by atoms with E-state index in [9.17, 15) is 10.1 Å². The lowest BCUT2D eigenvalue weighted by atomic mass is 9.96. The summed E-state index contributed by atoms with van der Waals surface area (Å²) in [7, 11) is 1.56. The van der Waals surface area contributed by atoms with Gasteiger partial charge in [-0.2, -0.15) is 5.26 Å². The van der Waals surface area contributed by atoms with E-state index < -0.39 is 5.91 Å². The molecule has 0 aliphatic carbocycles. The molecule has 2 aromatic carbocycles. The first-order chi connectivity index (χ1) is 16.3. The largest absolute Gasteiger partial charge is 0.497 e. The van der Waals surface area contributed by atoms with Crippen LogP contribution in [0.5, 0.6) is 11.5 Å².